The molecule has 2 N–H and O–H groups in total. The molecule has 130 valence electrons. The van der Waals surface area contributed by atoms with Crippen molar-refractivity contribution in [2.75, 3.05) is 5.75 Å². The summed E-state index contributed by atoms with van der Waals surface area (Å²) in [5, 5.41) is 0.783. The molecule has 1 atom stereocenters. The van der Waals surface area contributed by atoms with E-state index >= 15 is 0 Å². The van der Waals surface area contributed by atoms with Crippen molar-refractivity contribution >= 4 is 32.7 Å². The number of carbonyl (C=O) groups is 1. The third kappa shape index (κ3) is 4.28. The molecule has 0 spiro atoms. The maximum atomic E-state index is 12.2. The van der Waals surface area contributed by atoms with E-state index in [-0.39, 0.29) is 4.90 Å². The van der Waals surface area contributed by atoms with Gasteiger partial charge in [-0.05, 0) is 19.1 Å². The van der Waals surface area contributed by atoms with E-state index in [0.717, 1.165) is 16.2 Å². The van der Waals surface area contributed by atoms with Gasteiger partial charge in [-0.2, -0.15) is 0 Å². The first-order chi connectivity index (χ1) is 12.0. The van der Waals surface area contributed by atoms with Gasteiger partial charge in [0.1, 0.15) is 6.04 Å². The standard InChI is InChI=1S/C17H17N3O3S2/c1-12-7-9-13(10-8-12)17-18-15(11-24-17)16(21)19-20-25(22,23)14-5-3-2-4-6-14/h2-10,15,20H,11H2,1H3,(H,19,21)/t15-/m0/s1. The first-order valence-electron chi connectivity index (χ1n) is 7.60. The predicted octanol–water partition coefficient (Wildman–Crippen LogP) is 1.87. The number of sulfonamides is 1. The molecule has 0 aliphatic carbocycles. The van der Waals surface area contributed by atoms with Gasteiger partial charge in [0.15, 0.2) is 0 Å². The second-order valence-corrected chi connectivity index (χ2v) is 8.23. The average molecular weight is 375 g/mol. The Morgan fingerprint density at radius 1 is 1.12 bits per heavy atom. The summed E-state index contributed by atoms with van der Waals surface area (Å²) in [6, 6.07) is 15.1. The van der Waals surface area contributed by atoms with Gasteiger partial charge >= 0.3 is 0 Å². The van der Waals surface area contributed by atoms with Gasteiger partial charge in [-0.15, -0.1) is 16.6 Å². The van der Waals surface area contributed by atoms with Crippen molar-refractivity contribution in [1.29, 1.82) is 0 Å². The van der Waals surface area contributed by atoms with E-state index in [9.17, 15) is 13.2 Å². The molecular weight excluding hydrogens is 358 g/mol. The fourth-order valence-corrected chi connectivity index (χ4v) is 4.14. The number of hydrazine groups is 1. The lowest BCUT2D eigenvalue weighted by molar-refractivity contribution is -0.122. The number of thioether (sulfide) groups is 1. The molecule has 25 heavy (non-hydrogen) atoms. The molecule has 1 heterocycles. The minimum atomic E-state index is -3.79. The van der Waals surface area contributed by atoms with E-state index in [2.05, 4.69) is 15.2 Å². The minimum Gasteiger partial charge on any atom is -0.276 e. The molecule has 0 fully saturated rings. The first-order valence-corrected chi connectivity index (χ1v) is 10.1. The van der Waals surface area contributed by atoms with Crippen LogP contribution in [0.5, 0.6) is 0 Å². The van der Waals surface area contributed by atoms with E-state index < -0.39 is 22.0 Å². The Morgan fingerprint density at radius 2 is 1.80 bits per heavy atom. The van der Waals surface area contributed by atoms with Crippen molar-refractivity contribution in [3.63, 3.8) is 0 Å². The summed E-state index contributed by atoms with van der Waals surface area (Å²) >= 11 is 1.48. The first kappa shape index (κ1) is 17.7. The van der Waals surface area contributed by atoms with Crippen LogP contribution >= 0.6 is 11.8 Å². The van der Waals surface area contributed by atoms with Crippen molar-refractivity contribution in [3.8, 4) is 0 Å². The van der Waals surface area contributed by atoms with Gasteiger partial charge in [0.25, 0.3) is 15.9 Å². The van der Waals surface area contributed by atoms with Crippen molar-refractivity contribution < 1.29 is 13.2 Å². The van der Waals surface area contributed by atoms with Gasteiger partial charge < -0.3 is 0 Å². The highest BCUT2D eigenvalue weighted by molar-refractivity contribution is 8.14. The third-order valence-electron chi connectivity index (χ3n) is 3.61. The highest BCUT2D eigenvalue weighted by Gasteiger charge is 2.26. The van der Waals surface area contributed by atoms with Crippen molar-refractivity contribution in [2.45, 2.75) is 17.9 Å². The smallest absolute Gasteiger partial charge is 0.260 e. The number of hydrogen-bond donors (Lipinski definition) is 2. The quantitative estimate of drug-likeness (QED) is 0.781. The van der Waals surface area contributed by atoms with Crippen LogP contribution in [0.1, 0.15) is 11.1 Å². The van der Waals surface area contributed by atoms with Gasteiger partial charge in [-0.3, -0.25) is 15.2 Å². The van der Waals surface area contributed by atoms with Crippen LogP contribution in [0.2, 0.25) is 0 Å². The van der Waals surface area contributed by atoms with E-state index in [4.69, 9.17) is 0 Å². The average Bonchev–Trinajstić information content (AvgIpc) is 3.11. The molecule has 3 rings (SSSR count). The topological polar surface area (TPSA) is 87.6 Å². The van der Waals surface area contributed by atoms with E-state index in [1.165, 1.54) is 23.9 Å². The maximum absolute atomic E-state index is 12.2. The molecule has 0 saturated heterocycles. The number of aryl methyl sites for hydroxylation is 1. The Bertz CT molecular complexity index is 894. The van der Waals surface area contributed by atoms with Crippen molar-refractivity contribution in [2.24, 2.45) is 4.99 Å². The fourth-order valence-electron chi connectivity index (χ4n) is 2.22. The largest absolute Gasteiger partial charge is 0.276 e. The molecule has 8 heteroatoms. The number of benzene rings is 2. The van der Waals surface area contributed by atoms with Crippen LogP contribution in [0.25, 0.3) is 0 Å². The predicted molar refractivity (Wildman–Crippen MR) is 98.9 cm³/mol. The fraction of sp³-hybridized carbons (Fsp3) is 0.176. The van der Waals surface area contributed by atoms with E-state index in [1.807, 2.05) is 31.2 Å². The van der Waals surface area contributed by atoms with Crippen LogP contribution in [-0.4, -0.2) is 31.2 Å². The second-order valence-electron chi connectivity index (χ2n) is 5.53. The van der Waals surface area contributed by atoms with Gasteiger partial charge in [0, 0.05) is 11.3 Å². The zero-order valence-electron chi connectivity index (χ0n) is 13.5. The number of rotatable bonds is 5. The van der Waals surface area contributed by atoms with E-state index in [0.29, 0.717) is 5.75 Å². The Kier molecular flexibility index (Phi) is 5.22. The Balaban J connectivity index is 1.63. The minimum absolute atomic E-state index is 0.0833. The van der Waals surface area contributed by atoms with Crippen molar-refractivity contribution in [1.82, 2.24) is 10.3 Å². The number of nitrogens with one attached hydrogen (secondary N) is 2. The number of nitrogens with zero attached hydrogens (tertiary/aromatic N) is 1. The van der Waals surface area contributed by atoms with Crippen LogP contribution in [0.3, 0.4) is 0 Å². The molecule has 6 nitrogen and oxygen atoms in total. The highest BCUT2D eigenvalue weighted by atomic mass is 32.2. The second kappa shape index (κ2) is 7.38. The number of amides is 1. The summed E-state index contributed by atoms with van der Waals surface area (Å²) in [6.07, 6.45) is 0. The number of aliphatic imine (C=N–C) groups is 1. The monoisotopic (exact) mass is 375 g/mol. The molecule has 0 unspecified atom stereocenters. The molecule has 1 amide bonds. The summed E-state index contributed by atoms with van der Waals surface area (Å²) in [5.41, 5.74) is 4.35. The molecule has 2 aromatic rings. The summed E-state index contributed by atoms with van der Waals surface area (Å²) in [5.74, 6) is -0.00336. The molecule has 0 aromatic heterocycles. The molecule has 0 saturated carbocycles. The number of carbonyl (C=O) groups excluding carboxylic acids is 1. The van der Waals surface area contributed by atoms with Gasteiger partial charge in [0.2, 0.25) is 0 Å². The van der Waals surface area contributed by atoms with Gasteiger partial charge in [0.05, 0.1) is 9.94 Å². The Morgan fingerprint density at radius 3 is 2.48 bits per heavy atom. The van der Waals surface area contributed by atoms with Crippen LogP contribution < -0.4 is 10.3 Å². The summed E-state index contributed by atoms with van der Waals surface area (Å²) in [6.45, 7) is 2.00. The lowest BCUT2D eigenvalue weighted by Gasteiger charge is -2.10. The van der Waals surface area contributed by atoms with Crippen molar-refractivity contribution in [3.05, 3.63) is 65.7 Å². The van der Waals surface area contributed by atoms with E-state index in [1.54, 1.807) is 18.2 Å². The molecule has 0 radical (unpaired) electrons. The van der Waals surface area contributed by atoms with Crippen LogP contribution in [0.4, 0.5) is 0 Å². The molecule has 2 aromatic carbocycles. The maximum Gasteiger partial charge on any atom is 0.260 e. The molecular formula is C17H17N3O3S2. The third-order valence-corrected chi connectivity index (χ3v) is 5.97. The summed E-state index contributed by atoms with van der Waals surface area (Å²) < 4.78 is 24.2. The normalized spacial score (nSPS) is 17.2. The van der Waals surface area contributed by atoms with Crippen LogP contribution in [0, 0.1) is 6.92 Å². The summed E-state index contributed by atoms with van der Waals surface area (Å²) in [7, 11) is -3.79. The van der Waals surface area contributed by atoms with Gasteiger partial charge in [-0.1, -0.05) is 48.0 Å². The lowest BCUT2D eigenvalue weighted by atomic mass is 10.2. The molecule has 1 aliphatic heterocycles. The zero-order chi connectivity index (χ0) is 17.9. The van der Waals surface area contributed by atoms with Crippen LogP contribution in [-0.2, 0) is 14.8 Å². The molecule has 1 aliphatic rings. The lowest BCUT2D eigenvalue weighted by Crippen LogP contribution is -2.46. The van der Waals surface area contributed by atoms with Gasteiger partial charge in [-0.25, -0.2) is 8.42 Å². The SMILES string of the molecule is Cc1ccc(C2=N[C@H](C(=O)NNS(=O)(=O)c3ccccc3)CS2)cc1. The summed E-state index contributed by atoms with van der Waals surface area (Å²) in [4.78, 5) is 18.8. The number of hydrogen-bond acceptors (Lipinski definition) is 5. The highest BCUT2D eigenvalue weighted by Crippen LogP contribution is 2.23. The molecule has 0 bridgehead atoms. The zero-order valence-corrected chi connectivity index (χ0v) is 15.1. The Labute approximate surface area is 150 Å². The van der Waals surface area contributed by atoms with Crippen LogP contribution in [0.15, 0.2) is 64.5 Å². The Hall–Kier alpha value is -2.16.